The Morgan fingerprint density at radius 1 is 1.47 bits per heavy atom. The van der Waals surface area contributed by atoms with Crippen molar-refractivity contribution in [2.75, 3.05) is 18.8 Å². The monoisotopic (exact) mass is 236 g/mol. The summed E-state index contributed by atoms with van der Waals surface area (Å²) in [5.74, 6) is 0.574. The van der Waals surface area contributed by atoms with Crippen LogP contribution in [-0.2, 0) is 6.54 Å². The first-order chi connectivity index (χ1) is 8.06. The van der Waals surface area contributed by atoms with Crippen molar-refractivity contribution < 1.29 is 10.2 Å². The number of likely N-dealkylation sites (tertiary alicyclic amines) is 1. The lowest BCUT2D eigenvalue weighted by molar-refractivity contribution is 0.0318. The number of piperidine rings is 1. The predicted molar refractivity (Wildman–Crippen MR) is 67.6 cm³/mol. The van der Waals surface area contributed by atoms with Gasteiger partial charge in [-0.3, -0.25) is 4.90 Å². The van der Waals surface area contributed by atoms with E-state index in [4.69, 9.17) is 5.73 Å². The van der Waals surface area contributed by atoms with Crippen LogP contribution in [0, 0.1) is 5.92 Å². The number of aromatic hydroxyl groups is 1. The fraction of sp³-hybridized carbons (Fsp3) is 0.538. The summed E-state index contributed by atoms with van der Waals surface area (Å²) in [6.07, 6.45) is 0.602. The summed E-state index contributed by atoms with van der Waals surface area (Å²) in [5, 5.41) is 19.4. The molecule has 1 aromatic carbocycles. The molecule has 4 nitrogen and oxygen atoms in total. The van der Waals surface area contributed by atoms with E-state index in [0.29, 0.717) is 12.2 Å². The van der Waals surface area contributed by atoms with E-state index in [-0.39, 0.29) is 17.8 Å². The maximum atomic E-state index is 9.75. The smallest absolute Gasteiger partial charge is 0.120 e. The number of nitrogen functional groups attached to an aromatic ring is 1. The molecule has 2 rings (SSSR count). The maximum absolute atomic E-state index is 9.75. The van der Waals surface area contributed by atoms with Crippen molar-refractivity contribution in [1.82, 2.24) is 4.90 Å². The molecular formula is C13H20N2O2. The van der Waals surface area contributed by atoms with Crippen LogP contribution in [0.5, 0.6) is 5.75 Å². The number of aliphatic hydroxyl groups excluding tert-OH is 1. The van der Waals surface area contributed by atoms with Crippen LogP contribution in [0.15, 0.2) is 18.2 Å². The van der Waals surface area contributed by atoms with Crippen molar-refractivity contribution in [3.63, 3.8) is 0 Å². The molecule has 2 atom stereocenters. The van der Waals surface area contributed by atoms with Crippen LogP contribution in [-0.4, -0.2) is 34.3 Å². The molecule has 0 amide bonds. The van der Waals surface area contributed by atoms with Crippen molar-refractivity contribution in [2.24, 2.45) is 5.92 Å². The Morgan fingerprint density at radius 2 is 2.24 bits per heavy atom. The van der Waals surface area contributed by atoms with Gasteiger partial charge in [-0.05, 0) is 30.5 Å². The van der Waals surface area contributed by atoms with Gasteiger partial charge in [0.2, 0.25) is 0 Å². The number of phenols is 1. The number of rotatable bonds is 2. The number of hydrogen-bond donors (Lipinski definition) is 3. The topological polar surface area (TPSA) is 69.7 Å². The van der Waals surface area contributed by atoms with E-state index >= 15 is 0 Å². The molecule has 0 spiro atoms. The van der Waals surface area contributed by atoms with Crippen LogP contribution < -0.4 is 5.73 Å². The van der Waals surface area contributed by atoms with Crippen molar-refractivity contribution in [3.8, 4) is 5.75 Å². The van der Waals surface area contributed by atoms with Gasteiger partial charge in [-0.15, -0.1) is 0 Å². The standard InChI is InChI=1S/C13H20N2O2/c1-9-7-15(5-4-12(9)16)8-10-6-11(14)2-3-13(10)17/h2-3,6,9,12,16-17H,4-5,7-8,14H2,1H3. The predicted octanol–water partition coefficient (Wildman–Crippen LogP) is 1.18. The van der Waals surface area contributed by atoms with E-state index in [9.17, 15) is 10.2 Å². The first-order valence-corrected chi connectivity index (χ1v) is 6.04. The lowest BCUT2D eigenvalue weighted by Crippen LogP contribution is -2.41. The van der Waals surface area contributed by atoms with E-state index in [1.807, 2.05) is 6.07 Å². The minimum Gasteiger partial charge on any atom is -0.508 e. The molecule has 1 aromatic rings. The zero-order valence-corrected chi connectivity index (χ0v) is 10.1. The molecule has 0 saturated carbocycles. The largest absolute Gasteiger partial charge is 0.508 e. The highest BCUT2D eigenvalue weighted by molar-refractivity contribution is 5.47. The summed E-state index contributed by atoms with van der Waals surface area (Å²) in [6, 6.07) is 5.14. The van der Waals surface area contributed by atoms with Gasteiger partial charge >= 0.3 is 0 Å². The van der Waals surface area contributed by atoms with Crippen LogP contribution >= 0.6 is 0 Å². The number of phenolic OH excluding ortho intramolecular Hbond substituents is 1. The number of aliphatic hydroxyl groups is 1. The van der Waals surface area contributed by atoms with Crippen molar-refractivity contribution in [2.45, 2.75) is 26.0 Å². The summed E-state index contributed by atoms with van der Waals surface area (Å²) in [4.78, 5) is 2.24. The van der Waals surface area contributed by atoms with Gasteiger partial charge in [-0.1, -0.05) is 6.92 Å². The van der Waals surface area contributed by atoms with E-state index in [0.717, 1.165) is 25.1 Å². The summed E-state index contributed by atoms with van der Waals surface area (Å²) in [5.41, 5.74) is 7.24. The van der Waals surface area contributed by atoms with E-state index < -0.39 is 0 Å². The first-order valence-electron chi connectivity index (χ1n) is 6.04. The highest BCUT2D eigenvalue weighted by Crippen LogP contribution is 2.24. The molecule has 0 radical (unpaired) electrons. The van der Waals surface area contributed by atoms with Gasteiger partial charge in [0, 0.05) is 30.9 Å². The highest BCUT2D eigenvalue weighted by Gasteiger charge is 2.24. The molecular weight excluding hydrogens is 216 g/mol. The summed E-state index contributed by atoms with van der Waals surface area (Å²) < 4.78 is 0. The lowest BCUT2D eigenvalue weighted by atomic mass is 9.96. The molecule has 4 heteroatoms. The van der Waals surface area contributed by atoms with Gasteiger partial charge in [0.1, 0.15) is 5.75 Å². The second-order valence-electron chi connectivity index (χ2n) is 4.96. The Morgan fingerprint density at radius 3 is 2.94 bits per heavy atom. The number of anilines is 1. The van der Waals surface area contributed by atoms with E-state index in [1.54, 1.807) is 12.1 Å². The minimum absolute atomic E-state index is 0.194. The molecule has 2 unspecified atom stereocenters. The minimum atomic E-state index is -0.194. The van der Waals surface area contributed by atoms with Crippen LogP contribution in [0.2, 0.25) is 0 Å². The molecule has 0 bridgehead atoms. The van der Waals surface area contributed by atoms with Crippen LogP contribution in [0.25, 0.3) is 0 Å². The summed E-state index contributed by atoms with van der Waals surface area (Å²) in [6.45, 7) is 4.46. The van der Waals surface area contributed by atoms with Crippen molar-refractivity contribution in [1.29, 1.82) is 0 Å². The molecule has 1 aliphatic heterocycles. The third-order valence-electron chi connectivity index (χ3n) is 3.44. The molecule has 1 heterocycles. The zero-order valence-electron chi connectivity index (χ0n) is 10.1. The van der Waals surface area contributed by atoms with Crippen molar-refractivity contribution in [3.05, 3.63) is 23.8 Å². The molecule has 0 aromatic heterocycles. The summed E-state index contributed by atoms with van der Waals surface area (Å²) >= 11 is 0. The van der Waals surface area contributed by atoms with E-state index in [1.165, 1.54) is 0 Å². The average Bonchev–Trinajstić information content (AvgIpc) is 2.29. The van der Waals surface area contributed by atoms with Gasteiger partial charge in [0.25, 0.3) is 0 Å². The number of nitrogens with zero attached hydrogens (tertiary/aromatic N) is 1. The number of benzene rings is 1. The molecule has 1 fully saturated rings. The number of nitrogens with two attached hydrogens (primary N) is 1. The first kappa shape index (κ1) is 12.2. The fourth-order valence-electron chi connectivity index (χ4n) is 2.34. The highest BCUT2D eigenvalue weighted by atomic mass is 16.3. The maximum Gasteiger partial charge on any atom is 0.120 e. The Bertz CT molecular complexity index is 395. The van der Waals surface area contributed by atoms with Crippen LogP contribution in [0.3, 0.4) is 0 Å². The fourth-order valence-corrected chi connectivity index (χ4v) is 2.34. The molecule has 0 aliphatic carbocycles. The Hall–Kier alpha value is -1.26. The zero-order chi connectivity index (χ0) is 12.4. The molecule has 94 valence electrons. The molecule has 1 aliphatic rings. The second-order valence-corrected chi connectivity index (χ2v) is 4.96. The van der Waals surface area contributed by atoms with Crippen LogP contribution in [0.1, 0.15) is 18.9 Å². The lowest BCUT2D eigenvalue weighted by Gasteiger charge is -2.34. The molecule has 1 saturated heterocycles. The number of hydrogen-bond acceptors (Lipinski definition) is 4. The van der Waals surface area contributed by atoms with Gasteiger partial charge in [0.05, 0.1) is 6.10 Å². The SMILES string of the molecule is CC1CN(Cc2cc(N)ccc2O)CCC1O. The quantitative estimate of drug-likeness (QED) is 0.532. The van der Waals surface area contributed by atoms with Gasteiger partial charge in [0.15, 0.2) is 0 Å². The van der Waals surface area contributed by atoms with Gasteiger partial charge < -0.3 is 15.9 Å². The van der Waals surface area contributed by atoms with E-state index in [2.05, 4.69) is 11.8 Å². The third-order valence-corrected chi connectivity index (χ3v) is 3.44. The van der Waals surface area contributed by atoms with Crippen LogP contribution in [0.4, 0.5) is 5.69 Å². The second kappa shape index (κ2) is 4.94. The normalized spacial score (nSPS) is 26.0. The Balaban J connectivity index is 2.03. The third kappa shape index (κ3) is 2.90. The Labute approximate surface area is 102 Å². The van der Waals surface area contributed by atoms with Crippen molar-refractivity contribution >= 4 is 5.69 Å². The Kier molecular flexibility index (Phi) is 3.54. The van der Waals surface area contributed by atoms with Gasteiger partial charge in [-0.2, -0.15) is 0 Å². The molecule has 17 heavy (non-hydrogen) atoms. The van der Waals surface area contributed by atoms with Gasteiger partial charge in [-0.25, -0.2) is 0 Å². The average molecular weight is 236 g/mol. The summed E-state index contributed by atoms with van der Waals surface area (Å²) in [7, 11) is 0. The molecule has 4 N–H and O–H groups in total.